The maximum atomic E-state index is 10.9. The lowest BCUT2D eigenvalue weighted by Gasteiger charge is -2.11. The minimum Gasteiger partial charge on any atom is -0.481 e. The summed E-state index contributed by atoms with van der Waals surface area (Å²) in [6.45, 7) is 1.73. The van der Waals surface area contributed by atoms with Crippen LogP contribution in [-0.4, -0.2) is 39.3 Å². The van der Waals surface area contributed by atoms with Gasteiger partial charge in [-0.2, -0.15) is 0 Å². The molecule has 1 unspecified atom stereocenters. The zero-order valence-electron chi connectivity index (χ0n) is 11.2. The van der Waals surface area contributed by atoms with Crippen molar-refractivity contribution in [1.82, 2.24) is 15.1 Å². The van der Waals surface area contributed by atoms with E-state index in [2.05, 4.69) is 10.2 Å². The molecular formula is C14H14ClN3O3. The van der Waals surface area contributed by atoms with Crippen molar-refractivity contribution >= 4 is 17.6 Å². The fourth-order valence-electron chi connectivity index (χ4n) is 2.40. The summed E-state index contributed by atoms with van der Waals surface area (Å²) in [5, 5.41) is 17.7. The maximum Gasteiger partial charge on any atom is 0.307 e. The van der Waals surface area contributed by atoms with Crippen LogP contribution in [0.4, 0.5) is 0 Å². The molecular weight excluding hydrogens is 294 g/mol. The Kier molecular flexibility index (Phi) is 3.90. The molecule has 1 atom stereocenters. The average Bonchev–Trinajstić information content (AvgIpc) is 3.10. The summed E-state index contributed by atoms with van der Waals surface area (Å²) >= 11 is 5.84. The predicted molar refractivity (Wildman–Crippen MR) is 75.8 cm³/mol. The van der Waals surface area contributed by atoms with Gasteiger partial charge in [-0.25, -0.2) is 0 Å². The normalized spacial score (nSPS) is 19.0. The van der Waals surface area contributed by atoms with Gasteiger partial charge in [-0.1, -0.05) is 11.6 Å². The zero-order valence-corrected chi connectivity index (χ0v) is 12.0. The third-order valence-corrected chi connectivity index (χ3v) is 3.79. The highest BCUT2D eigenvalue weighted by Gasteiger charge is 2.28. The Bertz CT molecular complexity index is 641. The number of likely N-dealkylation sites (tertiary alicyclic amines) is 1. The molecule has 3 rings (SSSR count). The summed E-state index contributed by atoms with van der Waals surface area (Å²) in [6.07, 6.45) is 0.660. The van der Waals surface area contributed by atoms with Gasteiger partial charge < -0.3 is 9.52 Å². The number of carboxylic acids is 1. The Morgan fingerprint density at radius 3 is 2.81 bits per heavy atom. The van der Waals surface area contributed by atoms with Gasteiger partial charge in [-0.3, -0.25) is 9.69 Å². The van der Waals surface area contributed by atoms with Crippen LogP contribution < -0.4 is 0 Å². The molecule has 1 aromatic carbocycles. The molecule has 1 aromatic heterocycles. The Hall–Kier alpha value is -1.92. The van der Waals surface area contributed by atoms with Crippen LogP contribution in [0.2, 0.25) is 5.02 Å². The van der Waals surface area contributed by atoms with E-state index in [0.29, 0.717) is 36.3 Å². The summed E-state index contributed by atoms with van der Waals surface area (Å²) < 4.78 is 5.61. The lowest BCUT2D eigenvalue weighted by atomic mass is 10.1. The van der Waals surface area contributed by atoms with Gasteiger partial charge in [-0.15, -0.1) is 10.2 Å². The van der Waals surface area contributed by atoms with Gasteiger partial charge in [0.25, 0.3) is 0 Å². The van der Waals surface area contributed by atoms with E-state index in [1.54, 1.807) is 12.1 Å². The number of carbonyl (C=O) groups is 1. The molecule has 7 heteroatoms. The lowest BCUT2D eigenvalue weighted by molar-refractivity contribution is -0.141. The molecule has 2 heterocycles. The molecule has 0 aliphatic carbocycles. The molecule has 1 fully saturated rings. The van der Waals surface area contributed by atoms with Gasteiger partial charge in [0.15, 0.2) is 0 Å². The van der Waals surface area contributed by atoms with Gasteiger partial charge in [0.2, 0.25) is 11.8 Å². The molecule has 1 aliphatic rings. The molecule has 1 N–H and O–H groups in total. The molecule has 0 saturated carbocycles. The number of hydrogen-bond acceptors (Lipinski definition) is 5. The quantitative estimate of drug-likeness (QED) is 0.933. The number of rotatable bonds is 4. The monoisotopic (exact) mass is 307 g/mol. The lowest BCUT2D eigenvalue weighted by Crippen LogP contribution is -2.22. The van der Waals surface area contributed by atoms with Crippen LogP contribution in [0.1, 0.15) is 12.3 Å². The molecule has 1 saturated heterocycles. The van der Waals surface area contributed by atoms with Crippen molar-refractivity contribution in [3.05, 3.63) is 35.2 Å². The Balaban J connectivity index is 1.66. The highest BCUT2D eigenvalue weighted by molar-refractivity contribution is 6.30. The van der Waals surface area contributed by atoms with Crippen molar-refractivity contribution in [1.29, 1.82) is 0 Å². The number of aliphatic carboxylic acids is 1. The summed E-state index contributed by atoms with van der Waals surface area (Å²) in [4.78, 5) is 12.9. The second-order valence-electron chi connectivity index (χ2n) is 5.07. The van der Waals surface area contributed by atoms with Crippen LogP contribution in [0.15, 0.2) is 28.7 Å². The van der Waals surface area contributed by atoms with Gasteiger partial charge in [-0.05, 0) is 37.2 Å². The SMILES string of the molecule is O=C(O)C1CCN(Cc2nnc(-c3ccc(Cl)cc3)o2)C1. The summed E-state index contributed by atoms with van der Waals surface area (Å²) in [5.74, 6) is -0.116. The van der Waals surface area contributed by atoms with Gasteiger partial charge in [0.1, 0.15) is 0 Å². The van der Waals surface area contributed by atoms with Crippen LogP contribution >= 0.6 is 11.6 Å². The Morgan fingerprint density at radius 1 is 1.38 bits per heavy atom. The second kappa shape index (κ2) is 5.83. The van der Waals surface area contributed by atoms with E-state index in [1.165, 1.54) is 0 Å². The highest BCUT2D eigenvalue weighted by atomic mass is 35.5. The molecule has 0 radical (unpaired) electrons. The first-order chi connectivity index (χ1) is 10.1. The summed E-state index contributed by atoms with van der Waals surface area (Å²) in [7, 11) is 0. The first-order valence-corrected chi connectivity index (χ1v) is 7.03. The largest absolute Gasteiger partial charge is 0.481 e. The molecule has 2 aromatic rings. The van der Waals surface area contributed by atoms with Gasteiger partial charge in [0, 0.05) is 17.1 Å². The smallest absolute Gasteiger partial charge is 0.307 e. The van der Waals surface area contributed by atoms with Crippen molar-refractivity contribution in [2.24, 2.45) is 5.92 Å². The minimum atomic E-state index is -0.745. The number of carboxylic acid groups (broad SMARTS) is 1. The standard InChI is InChI=1S/C14H14ClN3O3/c15-11-3-1-9(2-4-11)13-17-16-12(21-13)8-18-6-5-10(7-18)14(19)20/h1-4,10H,5-8H2,(H,19,20). The zero-order chi connectivity index (χ0) is 14.8. The molecule has 0 amide bonds. The van der Waals surface area contributed by atoms with Crippen molar-refractivity contribution in [2.75, 3.05) is 13.1 Å². The van der Waals surface area contributed by atoms with E-state index < -0.39 is 5.97 Å². The molecule has 110 valence electrons. The predicted octanol–water partition coefficient (Wildman–Crippen LogP) is 2.30. The van der Waals surface area contributed by atoms with Crippen molar-refractivity contribution in [3.8, 4) is 11.5 Å². The number of halogens is 1. The average molecular weight is 308 g/mol. The van der Waals surface area contributed by atoms with E-state index in [1.807, 2.05) is 17.0 Å². The summed E-state index contributed by atoms with van der Waals surface area (Å²) in [6, 6.07) is 7.16. The first-order valence-electron chi connectivity index (χ1n) is 6.65. The molecule has 0 spiro atoms. The van der Waals surface area contributed by atoms with Crippen molar-refractivity contribution in [2.45, 2.75) is 13.0 Å². The number of benzene rings is 1. The number of aromatic nitrogens is 2. The highest BCUT2D eigenvalue weighted by Crippen LogP contribution is 2.22. The van der Waals surface area contributed by atoms with Crippen LogP contribution in [0.3, 0.4) is 0 Å². The number of nitrogens with zero attached hydrogens (tertiary/aromatic N) is 3. The maximum absolute atomic E-state index is 10.9. The van der Waals surface area contributed by atoms with E-state index in [9.17, 15) is 4.79 Å². The minimum absolute atomic E-state index is 0.302. The Labute approximate surface area is 126 Å². The van der Waals surface area contributed by atoms with Crippen LogP contribution in [-0.2, 0) is 11.3 Å². The molecule has 6 nitrogen and oxygen atoms in total. The fourth-order valence-corrected chi connectivity index (χ4v) is 2.52. The van der Waals surface area contributed by atoms with E-state index in [-0.39, 0.29) is 5.92 Å². The topological polar surface area (TPSA) is 79.5 Å². The van der Waals surface area contributed by atoms with Gasteiger partial charge in [0.05, 0.1) is 12.5 Å². The molecule has 0 bridgehead atoms. The Morgan fingerprint density at radius 2 is 2.14 bits per heavy atom. The van der Waals surface area contributed by atoms with Crippen molar-refractivity contribution in [3.63, 3.8) is 0 Å². The third kappa shape index (κ3) is 3.22. The van der Waals surface area contributed by atoms with Crippen molar-refractivity contribution < 1.29 is 14.3 Å². The van der Waals surface area contributed by atoms with Gasteiger partial charge >= 0.3 is 5.97 Å². The van der Waals surface area contributed by atoms with E-state index in [4.69, 9.17) is 21.1 Å². The summed E-state index contributed by atoms with van der Waals surface area (Å²) in [5.41, 5.74) is 0.808. The molecule has 1 aliphatic heterocycles. The van der Waals surface area contributed by atoms with Crippen LogP contribution in [0.5, 0.6) is 0 Å². The van der Waals surface area contributed by atoms with Crippen LogP contribution in [0, 0.1) is 5.92 Å². The van der Waals surface area contributed by atoms with E-state index in [0.717, 1.165) is 12.1 Å². The number of hydrogen-bond donors (Lipinski definition) is 1. The fraction of sp³-hybridized carbons (Fsp3) is 0.357. The van der Waals surface area contributed by atoms with E-state index >= 15 is 0 Å². The van der Waals surface area contributed by atoms with Crippen LogP contribution in [0.25, 0.3) is 11.5 Å². The third-order valence-electron chi connectivity index (χ3n) is 3.54. The first kappa shape index (κ1) is 14.0. The molecule has 21 heavy (non-hydrogen) atoms. The second-order valence-corrected chi connectivity index (χ2v) is 5.50.